The molecular formula is C10H18N4O2S. The molecule has 0 bridgehead atoms. The van der Waals surface area contributed by atoms with Gasteiger partial charge in [0.2, 0.25) is 10.0 Å². The summed E-state index contributed by atoms with van der Waals surface area (Å²) in [5, 5.41) is 9.78. The maximum absolute atomic E-state index is 12.4. The van der Waals surface area contributed by atoms with Crippen LogP contribution in [0.15, 0.2) is 4.90 Å². The molecule has 1 unspecified atom stereocenters. The molecule has 0 aromatic carbocycles. The Hall–Kier alpha value is -0.920. The normalized spacial score (nSPS) is 22.2. The number of aryl methyl sites for hydroxylation is 2. The summed E-state index contributed by atoms with van der Waals surface area (Å²) in [5.41, 5.74) is 1.14. The minimum absolute atomic E-state index is 0.247. The van der Waals surface area contributed by atoms with Crippen LogP contribution in [0.2, 0.25) is 0 Å². The summed E-state index contributed by atoms with van der Waals surface area (Å²) in [6.07, 6.45) is 0.853. The Morgan fingerprint density at radius 3 is 2.65 bits per heavy atom. The van der Waals surface area contributed by atoms with E-state index in [1.165, 1.54) is 4.31 Å². The van der Waals surface area contributed by atoms with Crippen molar-refractivity contribution in [1.29, 1.82) is 0 Å². The average Bonchev–Trinajstić information content (AvgIpc) is 2.85. The maximum atomic E-state index is 12.4. The Kier molecular flexibility index (Phi) is 3.24. The Morgan fingerprint density at radius 2 is 2.18 bits per heavy atom. The lowest BCUT2D eigenvalue weighted by Crippen LogP contribution is -2.33. The molecule has 1 aliphatic heterocycles. The van der Waals surface area contributed by atoms with Crippen LogP contribution < -0.4 is 5.32 Å². The van der Waals surface area contributed by atoms with Crippen molar-refractivity contribution in [3.05, 3.63) is 11.4 Å². The third-order valence-corrected chi connectivity index (χ3v) is 5.35. The lowest BCUT2D eigenvalue weighted by molar-refractivity contribution is 0.464. The molecule has 1 fully saturated rings. The lowest BCUT2D eigenvalue weighted by Gasteiger charge is -2.16. The van der Waals surface area contributed by atoms with Gasteiger partial charge in [0.1, 0.15) is 4.90 Å². The van der Waals surface area contributed by atoms with Crippen LogP contribution >= 0.6 is 0 Å². The van der Waals surface area contributed by atoms with E-state index in [4.69, 9.17) is 0 Å². The fraction of sp³-hybridized carbons (Fsp3) is 0.700. The quantitative estimate of drug-likeness (QED) is 0.800. The van der Waals surface area contributed by atoms with E-state index in [1.54, 1.807) is 13.8 Å². The predicted octanol–water partition coefficient (Wildman–Crippen LogP) is 0.00894. The molecule has 0 saturated carbocycles. The number of rotatable bonds is 3. The second kappa shape index (κ2) is 4.40. The molecule has 6 nitrogen and oxygen atoms in total. The average molecular weight is 258 g/mol. The van der Waals surface area contributed by atoms with Crippen molar-refractivity contribution < 1.29 is 8.42 Å². The zero-order valence-corrected chi connectivity index (χ0v) is 11.1. The van der Waals surface area contributed by atoms with Crippen molar-refractivity contribution in [3.63, 3.8) is 0 Å². The van der Waals surface area contributed by atoms with Gasteiger partial charge in [-0.3, -0.25) is 5.10 Å². The summed E-state index contributed by atoms with van der Waals surface area (Å²) >= 11 is 0. The van der Waals surface area contributed by atoms with Gasteiger partial charge in [0.05, 0.1) is 11.4 Å². The number of sulfonamides is 1. The Bertz CT molecular complexity index is 489. The minimum Gasteiger partial charge on any atom is -0.316 e. The van der Waals surface area contributed by atoms with Crippen LogP contribution in [0.25, 0.3) is 0 Å². The monoisotopic (exact) mass is 258 g/mol. The second-order valence-electron chi connectivity index (χ2n) is 4.40. The van der Waals surface area contributed by atoms with Gasteiger partial charge < -0.3 is 5.32 Å². The number of aromatic amines is 1. The van der Waals surface area contributed by atoms with Crippen LogP contribution in [0, 0.1) is 13.8 Å². The van der Waals surface area contributed by atoms with Crippen molar-refractivity contribution in [1.82, 2.24) is 19.8 Å². The number of nitrogens with one attached hydrogen (secondary N) is 2. The zero-order chi connectivity index (χ0) is 12.6. The highest BCUT2D eigenvalue weighted by molar-refractivity contribution is 7.89. The molecule has 0 aliphatic carbocycles. The standard InChI is InChI=1S/C10H18N4O2S/c1-7-10(8(2)13-12-7)17(15,16)14-5-4-9(6-14)11-3/h9,11H,4-6H2,1-3H3,(H,12,13). The van der Waals surface area contributed by atoms with Gasteiger partial charge in [-0.1, -0.05) is 0 Å². The van der Waals surface area contributed by atoms with E-state index in [-0.39, 0.29) is 6.04 Å². The first kappa shape index (κ1) is 12.5. The van der Waals surface area contributed by atoms with Gasteiger partial charge in [-0.15, -0.1) is 0 Å². The molecule has 96 valence electrons. The van der Waals surface area contributed by atoms with Crippen LogP contribution in [0.3, 0.4) is 0 Å². The first-order valence-corrected chi connectivity index (χ1v) is 7.09. The summed E-state index contributed by atoms with van der Waals surface area (Å²) in [4.78, 5) is 0.328. The van der Waals surface area contributed by atoms with E-state index >= 15 is 0 Å². The summed E-state index contributed by atoms with van der Waals surface area (Å²) in [7, 11) is -1.54. The minimum atomic E-state index is -3.40. The molecule has 1 saturated heterocycles. The number of hydrogen-bond donors (Lipinski definition) is 2. The van der Waals surface area contributed by atoms with Crippen LogP contribution in [0.4, 0.5) is 0 Å². The Labute approximate surface area is 101 Å². The maximum Gasteiger partial charge on any atom is 0.246 e. The van der Waals surface area contributed by atoms with Crippen LogP contribution in [-0.2, 0) is 10.0 Å². The highest BCUT2D eigenvalue weighted by Crippen LogP contribution is 2.24. The van der Waals surface area contributed by atoms with Crippen LogP contribution in [0.5, 0.6) is 0 Å². The van der Waals surface area contributed by atoms with Crippen molar-refractivity contribution in [2.24, 2.45) is 0 Å². The number of aromatic nitrogens is 2. The molecule has 2 N–H and O–H groups in total. The van der Waals surface area contributed by atoms with Gasteiger partial charge in [-0.25, -0.2) is 8.42 Å². The molecule has 1 atom stereocenters. The van der Waals surface area contributed by atoms with Crippen LogP contribution in [0.1, 0.15) is 17.8 Å². The molecule has 1 aromatic heterocycles. The SMILES string of the molecule is CNC1CCN(S(=O)(=O)c2c(C)n[nH]c2C)C1. The molecule has 7 heteroatoms. The van der Waals surface area contributed by atoms with E-state index in [2.05, 4.69) is 15.5 Å². The third-order valence-electron chi connectivity index (χ3n) is 3.22. The van der Waals surface area contributed by atoms with Gasteiger partial charge in [0, 0.05) is 19.1 Å². The molecule has 0 spiro atoms. The van der Waals surface area contributed by atoms with Crippen LogP contribution in [-0.4, -0.2) is 49.1 Å². The van der Waals surface area contributed by atoms with Crippen molar-refractivity contribution >= 4 is 10.0 Å². The Balaban J connectivity index is 2.32. The van der Waals surface area contributed by atoms with Gasteiger partial charge >= 0.3 is 0 Å². The van der Waals surface area contributed by atoms with Gasteiger partial charge in [0.25, 0.3) is 0 Å². The van der Waals surface area contributed by atoms with E-state index < -0.39 is 10.0 Å². The van der Waals surface area contributed by atoms with Crippen molar-refractivity contribution in [2.75, 3.05) is 20.1 Å². The van der Waals surface area contributed by atoms with E-state index in [1.807, 2.05) is 7.05 Å². The molecule has 0 amide bonds. The highest BCUT2D eigenvalue weighted by Gasteiger charge is 2.34. The molecule has 1 aromatic rings. The molecular weight excluding hydrogens is 240 g/mol. The van der Waals surface area contributed by atoms with Crippen molar-refractivity contribution in [3.8, 4) is 0 Å². The summed E-state index contributed by atoms with van der Waals surface area (Å²) < 4.78 is 26.4. The van der Waals surface area contributed by atoms with Gasteiger partial charge in [-0.2, -0.15) is 9.40 Å². The molecule has 2 rings (SSSR count). The fourth-order valence-electron chi connectivity index (χ4n) is 2.23. The fourth-order valence-corrected chi connectivity index (χ4v) is 4.06. The highest BCUT2D eigenvalue weighted by atomic mass is 32.2. The molecule has 17 heavy (non-hydrogen) atoms. The van der Waals surface area contributed by atoms with Crippen molar-refractivity contribution in [2.45, 2.75) is 31.2 Å². The number of hydrogen-bond acceptors (Lipinski definition) is 4. The third kappa shape index (κ3) is 2.10. The summed E-state index contributed by atoms with van der Waals surface area (Å²) in [6.45, 7) is 4.54. The number of likely N-dealkylation sites (N-methyl/N-ethyl adjacent to an activating group) is 1. The van der Waals surface area contributed by atoms with E-state index in [0.717, 1.165) is 6.42 Å². The van der Waals surface area contributed by atoms with E-state index in [0.29, 0.717) is 29.4 Å². The van der Waals surface area contributed by atoms with E-state index in [9.17, 15) is 8.42 Å². The summed E-state index contributed by atoms with van der Waals surface area (Å²) in [5.74, 6) is 0. The predicted molar refractivity (Wildman–Crippen MR) is 64.3 cm³/mol. The molecule has 1 aliphatic rings. The first-order valence-electron chi connectivity index (χ1n) is 5.65. The molecule has 0 radical (unpaired) electrons. The van der Waals surface area contributed by atoms with Gasteiger partial charge in [-0.05, 0) is 27.3 Å². The van der Waals surface area contributed by atoms with Gasteiger partial charge in [0.15, 0.2) is 0 Å². The lowest BCUT2D eigenvalue weighted by atomic mass is 10.3. The summed E-state index contributed by atoms with van der Waals surface area (Å²) in [6, 6.07) is 0.247. The smallest absolute Gasteiger partial charge is 0.246 e. The number of H-pyrrole nitrogens is 1. The Morgan fingerprint density at radius 1 is 1.47 bits per heavy atom. The molecule has 2 heterocycles. The first-order chi connectivity index (χ1) is 7.96. The topological polar surface area (TPSA) is 78.1 Å². The largest absolute Gasteiger partial charge is 0.316 e. The number of nitrogens with zero attached hydrogens (tertiary/aromatic N) is 2. The zero-order valence-electron chi connectivity index (χ0n) is 10.3. The second-order valence-corrected chi connectivity index (χ2v) is 6.28.